The lowest BCUT2D eigenvalue weighted by Crippen LogP contribution is -2.49. The molecule has 1 aliphatic heterocycles. The van der Waals surface area contributed by atoms with Gasteiger partial charge in [0.25, 0.3) is 5.91 Å². The molecule has 1 saturated heterocycles. The smallest absolute Gasteiger partial charge is 0.270 e. The summed E-state index contributed by atoms with van der Waals surface area (Å²) < 4.78 is 13.4. The minimum absolute atomic E-state index is 0.0274. The molecule has 2 aromatic carbocycles. The summed E-state index contributed by atoms with van der Waals surface area (Å²) in [6, 6.07) is 12.8. The molecule has 3 aromatic rings. The van der Waals surface area contributed by atoms with E-state index in [-0.39, 0.29) is 30.5 Å². The summed E-state index contributed by atoms with van der Waals surface area (Å²) >= 11 is 0. The third-order valence-corrected chi connectivity index (χ3v) is 7.18. The number of aliphatic hydroxyl groups excluding tert-OH is 1. The lowest BCUT2D eigenvalue weighted by Gasteiger charge is -2.26. The molecule has 4 N–H and O–H groups in total. The van der Waals surface area contributed by atoms with Crippen LogP contribution in [-0.2, 0) is 14.4 Å². The summed E-state index contributed by atoms with van der Waals surface area (Å²) in [7, 11) is 0. The number of aromatic nitrogens is 1. The molecule has 208 valence electrons. The lowest BCUT2D eigenvalue weighted by molar-refractivity contribution is -0.138. The molecule has 1 aromatic heterocycles. The minimum Gasteiger partial charge on any atom is -0.391 e. The van der Waals surface area contributed by atoms with Gasteiger partial charge in [0.2, 0.25) is 17.7 Å². The highest BCUT2D eigenvalue weighted by molar-refractivity contribution is 5.98. The number of benzene rings is 2. The van der Waals surface area contributed by atoms with Crippen LogP contribution < -0.4 is 16.0 Å². The minimum atomic E-state index is -0.927. The number of amides is 4. The summed E-state index contributed by atoms with van der Waals surface area (Å²) in [6.45, 7) is 1.34. The van der Waals surface area contributed by atoms with Crippen LogP contribution in [0.2, 0.25) is 0 Å². The van der Waals surface area contributed by atoms with Gasteiger partial charge in [-0.05, 0) is 55.7 Å². The molecule has 4 amide bonds. The molecule has 0 bridgehead atoms. The van der Waals surface area contributed by atoms with Gasteiger partial charge in [0, 0.05) is 30.0 Å². The molecule has 40 heavy (non-hydrogen) atoms. The Morgan fingerprint density at radius 3 is 2.62 bits per heavy atom. The Kier molecular flexibility index (Phi) is 7.74. The summed E-state index contributed by atoms with van der Waals surface area (Å²) in [5, 5.41) is 19.1. The molecule has 1 saturated carbocycles. The van der Waals surface area contributed by atoms with Gasteiger partial charge < -0.3 is 26.0 Å². The van der Waals surface area contributed by atoms with Crippen molar-refractivity contribution in [1.82, 2.24) is 20.5 Å². The van der Waals surface area contributed by atoms with E-state index in [1.807, 2.05) is 12.1 Å². The van der Waals surface area contributed by atoms with E-state index < -0.39 is 48.3 Å². The first-order valence-corrected chi connectivity index (χ1v) is 13.2. The SMILES string of the molecule is C[C@@H](NC(=O)[C@@H]1C[C@H](O)CN1C(=O)CNC(=O)c1ccc2cc(F)ccc2n1)c1ccccc1NC(=O)C1CC1. The molecular weight excluding hydrogens is 517 g/mol. The number of fused-ring (bicyclic) bond motifs is 1. The van der Waals surface area contributed by atoms with E-state index in [0.29, 0.717) is 16.6 Å². The van der Waals surface area contributed by atoms with Crippen molar-refractivity contribution in [2.24, 2.45) is 5.92 Å². The number of nitrogens with one attached hydrogen (secondary N) is 3. The molecule has 2 aliphatic rings. The number of aliphatic hydroxyl groups is 1. The third kappa shape index (κ3) is 6.09. The zero-order valence-electron chi connectivity index (χ0n) is 21.9. The fraction of sp³-hybridized carbons (Fsp3) is 0.345. The van der Waals surface area contributed by atoms with Crippen LogP contribution in [0.3, 0.4) is 0 Å². The molecular formula is C29H30FN5O5. The predicted molar refractivity (Wildman–Crippen MR) is 145 cm³/mol. The van der Waals surface area contributed by atoms with Gasteiger partial charge in [0.05, 0.1) is 24.2 Å². The summed E-state index contributed by atoms with van der Waals surface area (Å²) in [6.07, 6.45) is 0.906. The topological polar surface area (TPSA) is 141 Å². The first kappa shape index (κ1) is 27.2. The van der Waals surface area contributed by atoms with E-state index in [0.717, 1.165) is 18.4 Å². The van der Waals surface area contributed by atoms with Crippen molar-refractivity contribution in [3.63, 3.8) is 0 Å². The highest BCUT2D eigenvalue weighted by Gasteiger charge is 2.39. The van der Waals surface area contributed by atoms with Crippen molar-refractivity contribution in [1.29, 1.82) is 0 Å². The maximum absolute atomic E-state index is 13.4. The second kappa shape index (κ2) is 11.4. The Morgan fingerprint density at radius 2 is 1.85 bits per heavy atom. The Hall–Kier alpha value is -4.38. The van der Waals surface area contributed by atoms with E-state index in [1.54, 1.807) is 25.1 Å². The van der Waals surface area contributed by atoms with Crippen LogP contribution in [0.1, 0.15) is 48.3 Å². The van der Waals surface area contributed by atoms with Crippen molar-refractivity contribution in [3.05, 3.63) is 71.7 Å². The van der Waals surface area contributed by atoms with E-state index in [9.17, 15) is 28.7 Å². The van der Waals surface area contributed by atoms with Gasteiger partial charge in [-0.25, -0.2) is 9.37 Å². The number of likely N-dealkylation sites (tertiary alicyclic amines) is 1. The predicted octanol–water partition coefficient (Wildman–Crippen LogP) is 2.29. The van der Waals surface area contributed by atoms with Gasteiger partial charge in [-0.2, -0.15) is 0 Å². The van der Waals surface area contributed by atoms with Crippen molar-refractivity contribution in [2.45, 2.75) is 44.4 Å². The number of β-amino-alcohol motifs (C(OH)–C–C–N with tert-alkyl or cyclic N) is 1. The van der Waals surface area contributed by atoms with E-state index in [2.05, 4.69) is 20.9 Å². The number of nitrogens with zero attached hydrogens (tertiary/aromatic N) is 2. The first-order valence-electron chi connectivity index (χ1n) is 13.2. The largest absolute Gasteiger partial charge is 0.391 e. The van der Waals surface area contributed by atoms with Crippen molar-refractivity contribution < 1.29 is 28.7 Å². The standard InChI is InChI=1S/C29H30FN5O5/c1-16(21-4-2-3-5-23(21)34-27(38)17-6-7-17)32-29(40)25-13-20(36)15-35(25)26(37)14-31-28(39)24-10-8-18-12-19(30)9-11-22(18)33-24/h2-5,8-12,16-17,20,25,36H,6-7,13-15H2,1H3,(H,31,39)(H,32,40)(H,34,38)/t16-,20+,25+/m1/s1. The zero-order valence-corrected chi connectivity index (χ0v) is 21.9. The summed E-state index contributed by atoms with van der Waals surface area (Å²) in [5.41, 5.74) is 1.83. The van der Waals surface area contributed by atoms with E-state index >= 15 is 0 Å². The van der Waals surface area contributed by atoms with Crippen LogP contribution in [0.5, 0.6) is 0 Å². The maximum atomic E-state index is 13.4. The van der Waals surface area contributed by atoms with Gasteiger partial charge in [-0.1, -0.05) is 24.3 Å². The number of rotatable bonds is 8. The lowest BCUT2D eigenvalue weighted by atomic mass is 10.0. The molecule has 11 heteroatoms. The number of hydrogen-bond acceptors (Lipinski definition) is 6. The molecule has 0 spiro atoms. The van der Waals surface area contributed by atoms with Gasteiger partial charge in [0.1, 0.15) is 17.6 Å². The number of para-hydroxylation sites is 1. The monoisotopic (exact) mass is 547 g/mol. The van der Waals surface area contributed by atoms with Crippen LogP contribution in [0, 0.1) is 11.7 Å². The molecule has 2 heterocycles. The van der Waals surface area contributed by atoms with Crippen molar-refractivity contribution >= 4 is 40.2 Å². The summed E-state index contributed by atoms with van der Waals surface area (Å²) in [5.74, 6) is -2.01. The second-order valence-electron chi connectivity index (χ2n) is 10.2. The van der Waals surface area contributed by atoms with Gasteiger partial charge >= 0.3 is 0 Å². The number of carbonyl (C=O) groups excluding carboxylic acids is 4. The molecule has 2 fully saturated rings. The molecule has 1 aliphatic carbocycles. The fourth-order valence-corrected chi connectivity index (χ4v) is 4.86. The zero-order chi connectivity index (χ0) is 28.4. The molecule has 5 rings (SSSR count). The Balaban J connectivity index is 1.20. The van der Waals surface area contributed by atoms with Crippen LogP contribution >= 0.6 is 0 Å². The number of hydrogen-bond donors (Lipinski definition) is 4. The number of pyridine rings is 1. The van der Waals surface area contributed by atoms with Gasteiger partial charge in [0.15, 0.2) is 0 Å². The maximum Gasteiger partial charge on any atom is 0.270 e. The normalized spacial score (nSPS) is 19.2. The Morgan fingerprint density at radius 1 is 1.07 bits per heavy atom. The first-order chi connectivity index (χ1) is 19.2. The van der Waals surface area contributed by atoms with Gasteiger partial charge in [-0.15, -0.1) is 0 Å². The average molecular weight is 548 g/mol. The number of halogens is 1. The molecule has 3 atom stereocenters. The second-order valence-corrected chi connectivity index (χ2v) is 10.2. The number of carbonyl (C=O) groups is 4. The quantitative estimate of drug-likeness (QED) is 0.341. The fourth-order valence-electron chi connectivity index (χ4n) is 4.86. The van der Waals surface area contributed by atoms with E-state index in [1.165, 1.54) is 29.2 Å². The van der Waals surface area contributed by atoms with Crippen LogP contribution in [-0.4, -0.2) is 63.9 Å². The van der Waals surface area contributed by atoms with Crippen molar-refractivity contribution in [2.75, 3.05) is 18.4 Å². The highest BCUT2D eigenvalue weighted by atomic mass is 19.1. The Bertz CT molecular complexity index is 1480. The average Bonchev–Trinajstić information content (AvgIpc) is 3.72. The van der Waals surface area contributed by atoms with Gasteiger partial charge in [-0.3, -0.25) is 19.2 Å². The molecule has 10 nitrogen and oxygen atoms in total. The number of anilines is 1. The van der Waals surface area contributed by atoms with Crippen LogP contribution in [0.4, 0.5) is 10.1 Å². The molecule has 0 radical (unpaired) electrons. The highest BCUT2D eigenvalue weighted by Crippen LogP contribution is 2.32. The van der Waals surface area contributed by atoms with Crippen molar-refractivity contribution in [3.8, 4) is 0 Å². The Labute approximate surface area is 230 Å². The van der Waals surface area contributed by atoms with E-state index in [4.69, 9.17) is 0 Å². The van der Waals surface area contributed by atoms with Crippen LogP contribution in [0.15, 0.2) is 54.6 Å². The third-order valence-electron chi connectivity index (χ3n) is 7.18. The van der Waals surface area contributed by atoms with Crippen LogP contribution in [0.25, 0.3) is 10.9 Å². The summed E-state index contributed by atoms with van der Waals surface area (Å²) in [4.78, 5) is 56.6. The molecule has 0 unspecified atom stereocenters.